The highest BCUT2D eigenvalue weighted by molar-refractivity contribution is 5.27. The normalized spacial score (nSPS) is 19.0. The predicted octanol–water partition coefficient (Wildman–Crippen LogP) is 1.58. The zero-order chi connectivity index (χ0) is 14.6. The first kappa shape index (κ1) is 15.2. The maximum atomic E-state index is 12.6. The monoisotopic (exact) mass is 290 g/mol. The highest BCUT2D eigenvalue weighted by Crippen LogP contribution is 2.30. The number of nitrogens with one attached hydrogen (secondary N) is 1. The van der Waals surface area contributed by atoms with Crippen molar-refractivity contribution < 1.29 is 23.0 Å². The summed E-state index contributed by atoms with van der Waals surface area (Å²) >= 11 is 0. The van der Waals surface area contributed by atoms with Gasteiger partial charge in [0.05, 0.1) is 24.9 Å². The summed E-state index contributed by atoms with van der Waals surface area (Å²) in [5.74, 6) is 0. The molecule has 0 aliphatic carbocycles. The number of aliphatic hydroxyl groups excluding tert-OH is 1. The Morgan fingerprint density at radius 1 is 1.30 bits per heavy atom. The molecule has 1 atom stereocenters. The van der Waals surface area contributed by atoms with E-state index in [0.29, 0.717) is 26.3 Å². The lowest BCUT2D eigenvalue weighted by molar-refractivity contribution is -0.137. The van der Waals surface area contributed by atoms with Crippen LogP contribution in [0.3, 0.4) is 0 Å². The molecule has 1 aliphatic rings. The predicted molar refractivity (Wildman–Crippen MR) is 66.8 cm³/mol. The van der Waals surface area contributed by atoms with Crippen LogP contribution in [0.4, 0.5) is 13.2 Å². The van der Waals surface area contributed by atoms with Gasteiger partial charge >= 0.3 is 6.18 Å². The first-order valence-electron chi connectivity index (χ1n) is 6.38. The lowest BCUT2D eigenvalue weighted by atomic mass is 10.1. The van der Waals surface area contributed by atoms with Gasteiger partial charge in [-0.05, 0) is 17.7 Å². The molecule has 1 saturated heterocycles. The molecule has 1 unspecified atom stereocenters. The van der Waals surface area contributed by atoms with Crippen LogP contribution in [0, 0.1) is 0 Å². The summed E-state index contributed by atoms with van der Waals surface area (Å²) in [4.78, 5) is 0. The molecule has 7 heteroatoms. The zero-order valence-corrected chi connectivity index (χ0v) is 10.9. The van der Waals surface area contributed by atoms with Gasteiger partial charge in [-0.3, -0.25) is 5.43 Å². The Kier molecular flexibility index (Phi) is 4.98. The fraction of sp³-hybridized carbons (Fsp3) is 0.538. The highest BCUT2D eigenvalue weighted by Gasteiger charge is 2.30. The Morgan fingerprint density at radius 3 is 2.65 bits per heavy atom. The van der Waals surface area contributed by atoms with Crippen molar-refractivity contribution in [2.45, 2.75) is 12.3 Å². The van der Waals surface area contributed by atoms with Gasteiger partial charge in [0.2, 0.25) is 0 Å². The fourth-order valence-electron chi connectivity index (χ4n) is 1.98. The zero-order valence-electron chi connectivity index (χ0n) is 10.9. The van der Waals surface area contributed by atoms with E-state index < -0.39 is 17.8 Å². The van der Waals surface area contributed by atoms with E-state index in [1.54, 1.807) is 0 Å². The van der Waals surface area contributed by atoms with Crippen LogP contribution in [0.5, 0.6) is 0 Å². The Hall–Kier alpha value is -1.15. The van der Waals surface area contributed by atoms with Gasteiger partial charge in [0.15, 0.2) is 0 Å². The number of benzene rings is 1. The third-order valence-electron chi connectivity index (χ3n) is 3.12. The number of hydrogen-bond donors (Lipinski definition) is 2. The number of alkyl halides is 3. The maximum Gasteiger partial charge on any atom is 0.416 e. The van der Waals surface area contributed by atoms with Crippen LogP contribution in [-0.2, 0) is 10.9 Å². The number of morpholine rings is 1. The van der Waals surface area contributed by atoms with E-state index in [0.717, 1.165) is 12.1 Å². The van der Waals surface area contributed by atoms with Gasteiger partial charge in [-0.2, -0.15) is 13.2 Å². The van der Waals surface area contributed by atoms with Crippen molar-refractivity contribution in [3.05, 3.63) is 35.4 Å². The number of rotatable bonds is 4. The third-order valence-corrected chi connectivity index (χ3v) is 3.12. The molecule has 0 aromatic heterocycles. The molecule has 0 spiro atoms. The Morgan fingerprint density at radius 2 is 2.00 bits per heavy atom. The molecule has 0 radical (unpaired) electrons. The number of hydrazine groups is 1. The second kappa shape index (κ2) is 6.53. The topological polar surface area (TPSA) is 44.7 Å². The van der Waals surface area contributed by atoms with Crippen LogP contribution in [0.25, 0.3) is 0 Å². The molecule has 20 heavy (non-hydrogen) atoms. The van der Waals surface area contributed by atoms with Crippen molar-refractivity contribution in [1.82, 2.24) is 10.4 Å². The first-order valence-corrected chi connectivity index (χ1v) is 6.38. The average Bonchev–Trinajstić information content (AvgIpc) is 2.45. The number of hydrogen-bond acceptors (Lipinski definition) is 4. The second-order valence-electron chi connectivity index (χ2n) is 4.60. The molecule has 2 N–H and O–H groups in total. The van der Waals surface area contributed by atoms with E-state index in [-0.39, 0.29) is 12.1 Å². The number of ether oxygens (including phenoxy) is 1. The summed E-state index contributed by atoms with van der Waals surface area (Å²) in [5, 5.41) is 11.8. The number of halogens is 3. The van der Waals surface area contributed by atoms with Crippen molar-refractivity contribution in [3.8, 4) is 0 Å². The van der Waals surface area contributed by atoms with Crippen molar-refractivity contribution >= 4 is 0 Å². The van der Waals surface area contributed by atoms with E-state index in [4.69, 9.17) is 4.74 Å². The summed E-state index contributed by atoms with van der Waals surface area (Å²) in [7, 11) is 0. The lowest BCUT2D eigenvalue weighted by Crippen LogP contribution is -2.47. The molecule has 0 bridgehead atoms. The van der Waals surface area contributed by atoms with Crippen LogP contribution in [-0.4, -0.2) is 43.0 Å². The molecule has 0 amide bonds. The molecular formula is C13H17F3N2O2. The van der Waals surface area contributed by atoms with Crippen molar-refractivity contribution in [1.29, 1.82) is 0 Å². The van der Waals surface area contributed by atoms with Crippen molar-refractivity contribution in [3.63, 3.8) is 0 Å². The molecule has 1 aromatic carbocycles. The second-order valence-corrected chi connectivity index (χ2v) is 4.60. The summed E-state index contributed by atoms with van der Waals surface area (Å²) in [6.07, 6.45) is -5.38. The van der Waals surface area contributed by atoms with Crippen molar-refractivity contribution in [2.75, 3.05) is 32.8 Å². The van der Waals surface area contributed by atoms with E-state index >= 15 is 0 Å². The van der Waals surface area contributed by atoms with E-state index in [2.05, 4.69) is 5.43 Å². The number of aliphatic hydroxyl groups is 1. The largest absolute Gasteiger partial charge is 0.416 e. The van der Waals surface area contributed by atoms with Gasteiger partial charge in [-0.25, -0.2) is 5.01 Å². The smallest absolute Gasteiger partial charge is 0.387 e. The molecule has 1 aromatic rings. The molecule has 2 rings (SSSR count). The highest BCUT2D eigenvalue weighted by atomic mass is 19.4. The Labute approximate surface area is 115 Å². The van der Waals surface area contributed by atoms with E-state index in [1.165, 1.54) is 12.1 Å². The molecular weight excluding hydrogens is 273 g/mol. The maximum absolute atomic E-state index is 12.6. The minimum atomic E-state index is -4.40. The van der Waals surface area contributed by atoms with Gasteiger partial charge in [0.1, 0.15) is 0 Å². The third kappa shape index (κ3) is 4.17. The molecule has 4 nitrogen and oxygen atoms in total. The summed E-state index contributed by atoms with van der Waals surface area (Å²) in [6, 6.07) is 4.76. The first-order chi connectivity index (χ1) is 9.47. The summed E-state index contributed by atoms with van der Waals surface area (Å²) < 4.78 is 42.9. The molecule has 1 fully saturated rings. The van der Waals surface area contributed by atoms with E-state index in [9.17, 15) is 18.3 Å². The molecule has 1 aliphatic heterocycles. The quantitative estimate of drug-likeness (QED) is 0.883. The van der Waals surface area contributed by atoms with Gasteiger partial charge in [-0.15, -0.1) is 0 Å². The lowest BCUT2D eigenvalue weighted by Gasteiger charge is -2.28. The Balaban J connectivity index is 1.93. The molecule has 1 heterocycles. The summed E-state index contributed by atoms with van der Waals surface area (Å²) in [5.41, 5.74) is 2.50. The van der Waals surface area contributed by atoms with E-state index in [1.807, 2.05) is 5.01 Å². The van der Waals surface area contributed by atoms with Crippen LogP contribution in [0.15, 0.2) is 24.3 Å². The van der Waals surface area contributed by atoms with Gasteiger partial charge in [-0.1, -0.05) is 12.1 Å². The minimum absolute atomic E-state index is 0.168. The van der Waals surface area contributed by atoms with Gasteiger partial charge in [0.25, 0.3) is 0 Å². The molecule has 0 saturated carbocycles. The van der Waals surface area contributed by atoms with Gasteiger partial charge < -0.3 is 9.84 Å². The van der Waals surface area contributed by atoms with Crippen LogP contribution < -0.4 is 5.43 Å². The Bertz CT molecular complexity index is 434. The SMILES string of the molecule is OC(CNN1CCOCC1)c1cccc(C(F)(F)F)c1. The standard InChI is InChI=1S/C13H17F3N2O2/c14-13(15,16)11-3-1-2-10(8-11)12(19)9-17-18-4-6-20-7-5-18/h1-3,8,12,17,19H,4-7,9H2. The molecule has 112 valence electrons. The fourth-order valence-corrected chi connectivity index (χ4v) is 1.98. The van der Waals surface area contributed by atoms with Crippen LogP contribution in [0.1, 0.15) is 17.2 Å². The number of nitrogens with zero attached hydrogens (tertiary/aromatic N) is 1. The van der Waals surface area contributed by atoms with Gasteiger partial charge in [0, 0.05) is 19.6 Å². The van der Waals surface area contributed by atoms with Crippen molar-refractivity contribution in [2.24, 2.45) is 0 Å². The minimum Gasteiger partial charge on any atom is -0.387 e. The van der Waals surface area contributed by atoms with Crippen LogP contribution >= 0.6 is 0 Å². The van der Waals surface area contributed by atoms with Crippen LogP contribution in [0.2, 0.25) is 0 Å². The average molecular weight is 290 g/mol. The summed E-state index contributed by atoms with van der Waals surface area (Å²) in [6.45, 7) is 2.76.